The summed E-state index contributed by atoms with van der Waals surface area (Å²) in [6.07, 6.45) is 3.40. The molecule has 0 bridgehead atoms. The van der Waals surface area contributed by atoms with Crippen LogP contribution in [0.15, 0.2) is 84.7 Å². The molecule has 0 aliphatic carbocycles. The largest absolute Gasteiger partial charge is 0.337 e. The van der Waals surface area contributed by atoms with Crippen LogP contribution < -0.4 is 10.6 Å². The smallest absolute Gasteiger partial charge is 0.329 e. The van der Waals surface area contributed by atoms with E-state index in [9.17, 15) is 18.8 Å². The lowest BCUT2D eigenvalue weighted by molar-refractivity contribution is -0.123. The van der Waals surface area contributed by atoms with Gasteiger partial charge in [0.25, 0.3) is 5.91 Å². The summed E-state index contributed by atoms with van der Waals surface area (Å²) in [6, 6.07) is 20.2. The summed E-state index contributed by atoms with van der Waals surface area (Å²) in [5.74, 6) is -1.07. The molecule has 0 unspecified atom stereocenters. The molecule has 2 N–H and O–H groups in total. The summed E-state index contributed by atoms with van der Waals surface area (Å²) >= 11 is 0. The van der Waals surface area contributed by atoms with Crippen molar-refractivity contribution >= 4 is 40.5 Å². The van der Waals surface area contributed by atoms with Gasteiger partial charge in [0.05, 0.1) is 6.54 Å². The number of aryl methyl sites for hydroxylation is 1. The average Bonchev–Trinajstić information content (AvgIpc) is 3.32. The lowest BCUT2D eigenvalue weighted by atomic mass is 10.1. The van der Waals surface area contributed by atoms with Crippen LogP contribution in [0.5, 0.6) is 0 Å². The van der Waals surface area contributed by atoms with Gasteiger partial charge in [0, 0.05) is 28.4 Å². The molecule has 1 saturated heterocycles. The number of aromatic nitrogens is 1. The second-order valence-corrected chi connectivity index (χ2v) is 8.65. The Labute approximate surface area is 206 Å². The number of benzene rings is 3. The van der Waals surface area contributed by atoms with E-state index in [2.05, 4.69) is 10.6 Å². The fourth-order valence-electron chi connectivity index (χ4n) is 4.27. The maximum absolute atomic E-state index is 13.1. The molecule has 4 amide bonds. The van der Waals surface area contributed by atoms with Crippen molar-refractivity contribution < 1.29 is 18.8 Å². The zero-order valence-electron chi connectivity index (χ0n) is 19.5. The SMILES string of the molecule is Cc1cccc(CN2C(=O)N/C(=C/c3cn(CC(=O)Nc4ccc(F)cc4)c4ccccc34)C2=O)c1. The molecule has 36 heavy (non-hydrogen) atoms. The van der Waals surface area contributed by atoms with Gasteiger partial charge in [-0.1, -0.05) is 48.0 Å². The Morgan fingerprint density at radius 2 is 1.81 bits per heavy atom. The van der Waals surface area contributed by atoms with Gasteiger partial charge in [0.15, 0.2) is 0 Å². The molecule has 180 valence electrons. The van der Waals surface area contributed by atoms with Gasteiger partial charge in [-0.25, -0.2) is 9.18 Å². The van der Waals surface area contributed by atoms with Gasteiger partial charge >= 0.3 is 6.03 Å². The molecular formula is C28H23FN4O3. The van der Waals surface area contributed by atoms with Crippen molar-refractivity contribution in [1.29, 1.82) is 0 Å². The molecule has 1 fully saturated rings. The number of anilines is 1. The van der Waals surface area contributed by atoms with Crippen LogP contribution in [-0.2, 0) is 22.7 Å². The highest BCUT2D eigenvalue weighted by atomic mass is 19.1. The normalized spacial score (nSPS) is 14.5. The minimum absolute atomic E-state index is 0.0147. The molecule has 5 rings (SSSR count). The highest BCUT2D eigenvalue weighted by Gasteiger charge is 2.33. The van der Waals surface area contributed by atoms with E-state index < -0.39 is 11.9 Å². The summed E-state index contributed by atoms with van der Waals surface area (Å²) in [5.41, 5.74) is 4.07. The van der Waals surface area contributed by atoms with Crippen LogP contribution in [0.1, 0.15) is 16.7 Å². The second-order valence-electron chi connectivity index (χ2n) is 8.65. The van der Waals surface area contributed by atoms with Crippen LogP contribution in [-0.4, -0.2) is 27.3 Å². The number of rotatable bonds is 6. The van der Waals surface area contributed by atoms with Gasteiger partial charge in [-0.05, 0) is 48.9 Å². The fraction of sp³-hybridized carbons (Fsp3) is 0.107. The third-order valence-corrected chi connectivity index (χ3v) is 5.95. The molecule has 3 aromatic carbocycles. The summed E-state index contributed by atoms with van der Waals surface area (Å²) in [6.45, 7) is 2.15. The van der Waals surface area contributed by atoms with Crippen molar-refractivity contribution in [3.8, 4) is 0 Å². The first-order valence-corrected chi connectivity index (χ1v) is 11.4. The predicted molar refractivity (Wildman–Crippen MR) is 135 cm³/mol. The van der Waals surface area contributed by atoms with Gasteiger partial charge in [-0.3, -0.25) is 14.5 Å². The third kappa shape index (κ3) is 4.74. The molecule has 1 aliphatic heterocycles. The topological polar surface area (TPSA) is 83.4 Å². The Bertz CT molecular complexity index is 1520. The Morgan fingerprint density at radius 3 is 2.58 bits per heavy atom. The van der Waals surface area contributed by atoms with E-state index in [1.165, 1.54) is 29.2 Å². The monoisotopic (exact) mass is 482 g/mol. The Hall–Kier alpha value is -4.72. The molecule has 0 saturated carbocycles. The van der Waals surface area contributed by atoms with Crippen LogP contribution in [0.2, 0.25) is 0 Å². The van der Waals surface area contributed by atoms with E-state index in [1.54, 1.807) is 16.8 Å². The number of hydrogen-bond acceptors (Lipinski definition) is 3. The van der Waals surface area contributed by atoms with Gasteiger partial charge in [0.1, 0.15) is 18.1 Å². The lowest BCUT2D eigenvalue weighted by Crippen LogP contribution is -2.30. The summed E-state index contributed by atoms with van der Waals surface area (Å²) < 4.78 is 14.9. The maximum Gasteiger partial charge on any atom is 0.329 e. The molecule has 0 spiro atoms. The highest BCUT2D eigenvalue weighted by molar-refractivity contribution is 6.14. The minimum Gasteiger partial charge on any atom is -0.337 e. The number of nitrogens with one attached hydrogen (secondary N) is 2. The minimum atomic E-state index is -0.477. The zero-order chi connectivity index (χ0) is 25.2. The molecule has 1 aromatic heterocycles. The number of imide groups is 1. The number of urea groups is 1. The molecule has 7 nitrogen and oxygen atoms in total. The van der Waals surface area contributed by atoms with E-state index in [-0.39, 0.29) is 30.5 Å². The van der Waals surface area contributed by atoms with Crippen molar-refractivity contribution in [3.63, 3.8) is 0 Å². The fourth-order valence-corrected chi connectivity index (χ4v) is 4.27. The molecule has 8 heteroatoms. The molecule has 0 atom stereocenters. The van der Waals surface area contributed by atoms with Crippen LogP contribution in [0.25, 0.3) is 17.0 Å². The Morgan fingerprint density at radius 1 is 1.03 bits per heavy atom. The van der Waals surface area contributed by atoms with Crippen LogP contribution in [0.3, 0.4) is 0 Å². The van der Waals surface area contributed by atoms with E-state index in [0.717, 1.165) is 22.0 Å². The number of halogens is 1. The Balaban J connectivity index is 1.39. The first kappa shape index (κ1) is 23.0. The van der Waals surface area contributed by atoms with Gasteiger partial charge in [-0.2, -0.15) is 0 Å². The quantitative estimate of drug-likeness (QED) is 0.305. The number of amides is 4. The number of fused-ring (bicyclic) bond motifs is 1. The van der Waals surface area contributed by atoms with Gasteiger partial charge in [-0.15, -0.1) is 0 Å². The summed E-state index contributed by atoms with van der Waals surface area (Å²) in [5, 5.41) is 6.25. The number of carbonyl (C=O) groups excluding carboxylic acids is 3. The highest BCUT2D eigenvalue weighted by Crippen LogP contribution is 2.25. The zero-order valence-corrected chi connectivity index (χ0v) is 19.5. The first-order valence-electron chi connectivity index (χ1n) is 11.4. The van der Waals surface area contributed by atoms with Crippen molar-refractivity contribution in [3.05, 3.63) is 107 Å². The number of para-hydroxylation sites is 1. The van der Waals surface area contributed by atoms with Crippen LogP contribution in [0.4, 0.5) is 14.9 Å². The molecule has 4 aromatic rings. The molecule has 0 radical (unpaired) electrons. The van der Waals surface area contributed by atoms with E-state index in [4.69, 9.17) is 0 Å². The van der Waals surface area contributed by atoms with Crippen LogP contribution >= 0.6 is 0 Å². The first-order chi connectivity index (χ1) is 17.4. The predicted octanol–water partition coefficient (Wildman–Crippen LogP) is 4.82. The van der Waals surface area contributed by atoms with Gasteiger partial charge < -0.3 is 15.2 Å². The number of hydrogen-bond donors (Lipinski definition) is 2. The van der Waals surface area contributed by atoms with Crippen LogP contribution in [0, 0.1) is 12.7 Å². The van der Waals surface area contributed by atoms with E-state index in [1.807, 2.05) is 55.5 Å². The molecule has 1 aliphatic rings. The van der Waals surface area contributed by atoms with Crippen molar-refractivity contribution in [2.45, 2.75) is 20.0 Å². The molecule has 2 heterocycles. The maximum atomic E-state index is 13.1. The third-order valence-electron chi connectivity index (χ3n) is 5.95. The number of carbonyl (C=O) groups is 3. The summed E-state index contributed by atoms with van der Waals surface area (Å²) in [7, 11) is 0. The average molecular weight is 483 g/mol. The van der Waals surface area contributed by atoms with E-state index >= 15 is 0 Å². The summed E-state index contributed by atoms with van der Waals surface area (Å²) in [4.78, 5) is 39.4. The van der Waals surface area contributed by atoms with Crippen molar-refractivity contribution in [1.82, 2.24) is 14.8 Å². The van der Waals surface area contributed by atoms with E-state index in [0.29, 0.717) is 11.3 Å². The lowest BCUT2D eigenvalue weighted by Gasteiger charge is -2.12. The standard InChI is InChI=1S/C28H23FN4O3/c1-18-5-4-6-19(13-18)15-33-27(35)24(31-28(33)36)14-20-16-32(25-8-3-2-7-23(20)25)17-26(34)30-22-11-9-21(29)10-12-22/h2-14,16H,15,17H2,1H3,(H,30,34)(H,31,36)/b24-14+. The number of nitrogens with zero attached hydrogens (tertiary/aromatic N) is 2. The van der Waals surface area contributed by atoms with Crippen molar-refractivity contribution in [2.24, 2.45) is 0 Å². The molecular weight excluding hydrogens is 459 g/mol. The Kier molecular flexibility index (Phi) is 6.08. The second kappa shape index (κ2) is 9.50. The van der Waals surface area contributed by atoms with Crippen molar-refractivity contribution in [2.75, 3.05) is 5.32 Å². The van der Waals surface area contributed by atoms with Gasteiger partial charge in [0.2, 0.25) is 5.91 Å².